The highest BCUT2D eigenvalue weighted by atomic mass is 32.2. The van der Waals surface area contributed by atoms with Crippen molar-refractivity contribution in [2.75, 3.05) is 63.3 Å². The quantitative estimate of drug-likeness (QED) is 0.481. The Morgan fingerprint density at radius 1 is 0.862 bits per heavy atom. The summed E-state index contributed by atoms with van der Waals surface area (Å²) in [5.74, 6) is 2.74. The lowest BCUT2D eigenvalue weighted by Gasteiger charge is -2.38. The van der Waals surface area contributed by atoms with E-state index >= 15 is 0 Å². The molecule has 172 valence electrons. The van der Waals surface area contributed by atoms with Gasteiger partial charge in [0.05, 0.1) is 11.5 Å². The first-order chi connectivity index (χ1) is 13.6. The van der Waals surface area contributed by atoms with E-state index in [0.717, 1.165) is 38.0 Å². The van der Waals surface area contributed by atoms with Crippen LogP contribution in [0.15, 0.2) is 0 Å². The van der Waals surface area contributed by atoms with Crippen LogP contribution in [0.1, 0.15) is 51.9 Å². The molecule has 2 saturated heterocycles. The summed E-state index contributed by atoms with van der Waals surface area (Å²) >= 11 is 0. The van der Waals surface area contributed by atoms with Crippen LogP contribution >= 0.6 is 0 Å². The number of hydrogen-bond acceptors (Lipinski definition) is 6. The van der Waals surface area contributed by atoms with Crippen LogP contribution in [0.2, 0.25) is 0 Å². The van der Waals surface area contributed by atoms with E-state index in [9.17, 15) is 16.8 Å². The third-order valence-corrected chi connectivity index (χ3v) is 8.79. The molecule has 29 heavy (non-hydrogen) atoms. The van der Waals surface area contributed by atoms with E-state index in [0.29, 0.717) is 19.0 Å². The Kier molecular flexibility index (Phi) is 9.90. The minimum Gasteiger partial charge on any atom is -0.302 e. The fourth-order valence-electron chi connectivity index (χ4n) is 4.99. The third kappa shape index (κ3) is 10.1. The lowest BCUT2D eigenvalue weighted by molar-refractivity contribution is 0.122. The molecular formula is C21H42N2O4S2. The molecule has 2 heterocycles. The van der Waals surface area contributed by atoms with Crippen molar-refractivity contribution in [3.63, 3.8) is 0 Å². The molecule has 0 bridgehead atoms. The van der Waals surface area contributed by atoms with Crippen LogP contribution in [0.3, 0.4) is 0 Å². The summed E-state index contributed by atoms with van der Waals surface area (Å²) in [5.41, 5.74) is 0. The van der Waals surface area contributed by atoms with E-state index in [2.05, 4.69) is 16.7 Å². The summed E-state index contributed by atoms with van der Waals surface area (Å²) in [6.07, 6.45) is 11.2. The van der Waals surface area contributed by atoms with Crippen molar-refractivity contribution in [3.8, 4) is 0 Å². The van der Waals surface area contributed by atoms with Crippen LogP contribution in [0.5, 0.6) is 0 Å². The summed E-state index contributed by atoms with van der Waals surface area (Å²) in [4.78, 5) is 4.66. The van der Waals surface area contributed by atoms with Crippen LogP contribution in [0.25, 0.3) is 0 Å². The molecule has 2 unspecified atom stereocenters. The summed E-state index contributed by atoms with van der Waals surface area (Å²) in [6.45, 7) is 7.80. The smallest absolute Gasteiger partial charge is 0.148 e. The molecule has 0 N–H and O–H groups in total. The fraction of sp³-hybridized carbons (Fsp3) is 1.00. The van der Waals surface area contributed by atoms with Crippen LogP contribution in [0, 0.1) is 17.8 Å². The lowest BCUT2D eigenvalue weighted by Crippen LogP contribution is -2.41. The summed E-state index contributed by atoms with van der Waals surface area (Å²) in [7, 11) is -5.76. The van der Waals surface area contributed by atoms with E-state index in [4.69, 9.17) is 0 Å². The van der Waals surface area contributed by atoms with Gasteiger partial charge in [-0.2, -0.15) is 0 Å². The van der Waals surface area contributed by atoms with Crippen molar-refractivity contribution in [3.05, 3.63) is 0 Å². The lowest BCUT2D eigenvalue weighted by atomic mass is 9.78. The first kappa shape index (κ1) is 25.1. The molecule has 0 saturated carbocycles. The van der Waals surface area contributed by atoms with Crippen molar-refractivity contribution in [1.82, 2.24) is 9.80 Å². The average molecular weight is 451 g/mol. The molecule has 0 aromatic heterocycles. The van der Waals surface area contributed by atoms with Crippen molar-refractivity contribution in [2.24, 2.45) is 17.8 Å². The fourth-order valence-corrected chi connectivity index (χ4v) is 6.17. The van der Waals surface area contributed by atoms with Gasteiger partial charge in [-0.15, -0.1) is 0 Å². The predicted octanol–water partition coefficient (Wildman–Crippen LogP) is 2.31. The van der Waals surface area contributed by atoms with E-state index in [-0.39, 0.29) is 11.5 Å². The molecule has 6 nitrogen and oxygen atoms in total. The highest BCUT2D eigenvalue weighted by Gasteiger charge is 2.28. The number of piperidine rings is 2. The van der Waals surface area contributed by atoms with Gasteiger partial charge >= 0.3 is 0 Å². The van der Waals surface area contributed by atoms with Gasteiger partial charge in [0.1, 0.15) is 19.7 Å². The second-order valence-electron chi connectivity index (χ2n) is 9.49. The zero-order valence-electron chi connectivity index (χ0n) is 18.7. The van der Waals surface area contributed by atoms with Gasteiger partial charge in [-0.25, -0.2) is 16.8 Å². The number of rotatable bonds is 11. The van der Waals surface area contributed by atoms with Gasteiger partial charge in [0, 0.05) is 32.1 Å². The monoisotopic (exact) mass is 450 g/mol. The highest BCUT2D eigenvalue weighted by molar-refractivity contribution is 7.90. The molecule has 2 rings (SSSR count). The highest BCUT2D eigenvalue weighted by Crippen LogP contribution is 2.32. The van der Waals surface area contributed by atoms with Crippen molar-refractivity contribution in [2.45, 2.75) is 51.9 Å². The largest absolute Gasteiger partial charge is 0.302 e. The van der Waals surface area contributed by atoms with Gasteiger partial charge in [-0.1, -0.05) is 19.8 Å². The second kappa shape index (κ2) is 11.4. The minimum absolute atomic E-state index is 0.271. The Labute approximate surface area is 179 Å². The molecule has 0 aromatic carbocycles. The van der Waals surface area contributed by atoms with Crippen molar-refractivity contribution in [1.29, 1.82) is 0 Å². The summed E-state index contributed by atoms with van der Waals surface area (Å²) < 4.78 is 45.7. The first-order valence-corrected chi connectivity index (χ1v) is 15.5. The van der Waals surface area contributed by atoms with E-state index < -0.39 is 19.7 Å². The SMILES string of the molecule is CCC(CCC1CCN(CCS(C)(=O)=O)CC1)C1CCCN(CCS(C)(=O)=O)C1. The predicted molar refractivity (Wildman–Crippen MR) is 121 cm³/mol. The van der Waals surface area contributed by atoms with E-state index in [1.54, 1.807) is 0 Å². The molecular weight excluding hydrogens is 408 g/mol. The van der Waals surface area contributed by atoms with E-state index in [1.807, 2.05) is 0 Å². The number of likely N-dealkylation sites (tertiary alicyclic amines) is 2. The maximum Gasteiger partial charge on any atom is 0.148 e. The Bertz CT molecular complexity index is 685. The molecule has 0 aromatic rings. The summed E-state index contributed by atoms with van der Waals surface area (Å²) in [5, 5.41) is 0. The number of nitrogens with zero attached hydrogens (tertiary/aromatic N) is 2. The number of sulfone groups is 2. The topological polar surface area (TPSA) is 74.8 Å². The molecule has 0 aliphatic carbocycles. The number of hydrogen-bond donors (Lipinski definition) is 0. The maximum absolute atomic E-state index is 11.5. The molecule has 0 spiro atoms. The van der Waals surface area contributed by atoms with Gasteiger partial charge in [0.25, 0.3) is 0 Å². The van der Waals surface area contributed by atoms with Crippen LogP contribution < -0.4 is 0 Å². The van der Waals surface area contributed by atoms with Crippen molar-refractivity contribution >= 4 is 19.7 Å². The Morgan fingerprint density at radius 2 is 1.45 bits per heavy atom. The first-order valence-electron chi connectivity index (χ1n) is 11.4. The van der Waals surface area contributed by atoms with Gasteiger partial charge in [0.15, 0.2) is 0 Å². The van der Waals surface area contributed by atoms with Crippen LogP contribution in [-0.2, 0) is 19.7 Å². The Balaban J connectivity index is 1.72. The second-order valence-corrected chi connectivity index (χ2v) is 14.0. The normalized spacial score (nSPS) is 24.6. The minimum atomic E-state index is -2.89. The molecule has 2 atom stereocenters. The van der Waals surface area contributed by atoms with E-state index in [1.165, 1.54) is 57.5 Å². The Hall–Kier alpha value is -0.180. The average Bonchev–Trinajstić information content (AvgIpc) is 2.65. The molecule has 2 fully saturated rings. The van der Waals surface area contributed by atoms with Gasteiger partial charge in [-0.05, 0) is 69.5 Å². The molecule has 0 radical (unpaired) electrons. The zero-order chi connectivity index (χ0) is 21.5. The van der Waals surface area contributed by atoms with Gasteiger partial charge < -0.3 is 9.80 Å². The molecule has 2 aliphatic rings. The molecule has 8 heteroatoms. The third-order valence-electron chi connectivity index (χ3n) is 6.94. The Morgan fingerprint density at radius 3 is 2.00 bits per heavy atom. The van der Waals surface area contributed by atoms with Gasteiger partial charge in [0.2, 0.25) is 0 Å². The summed E-state index contributed by atoms with van der Waals surface area (Å²) in [6, 6.07) is 0. The maximum atomic E-state index is 11.5. The zero-order valence-corrected chi connectivity index (χ0v) is 20.3. The van der Waals surface area contributed by atoms with Crippen molar-refractivity contribution < 1.29 is 16.8 Å². The molecule has 0 amide bonds. The van der Waals surface area contributed by atoms with Crippen LogP contribution in [0.4, 0.5) is 0 Å². The van der Waals surface area contributed by atoms with Crippen LogP contribution in [-0.4, -0.2) is 89.9 Å². The molecule has 2 aliphatic heterocycles. The standard InChI is InChI=1S/C21H42N2O4S2/c1-4-20(21-6-5-11-23(18-21)15-17-29(3,26)27)8-7-19-9-12-22(13-10-19)14-16-28(2,24)25/h19-21H,4-18H2,1-3H3. The van der Waals surface area contributed by atoms with Gasteiger partial charge in [-0.3, -0.25) is 0 Å².